The van der Waals surface area contributed by atoms with Crippen LogP contribution in [0.1, 0.15) is 10.4 Å². The van der Waals surface area contributed by atoms with E-state index < -0.39 is 0 Å². The van der Waals surface area contributed by atoms with Gasteiger partial charge in [-0.3, -0.25) is 4.79 Å². The van der Waals surface area contributed by atoms with Gasteiger partial charge in [0.25, 0.3) is 5.91 Å². The van der Waals surface area contributed by atoms with Gasteiger partial charge in [-0.05, 0) is 60.7 Å². The Morgan fingerprint density at radius 3 is 2.50 bits per heavy atom. The fourth-order valence-corrected chi connectivity index (χ4v) is 3.22. The summed E-state index contributed by atoms with van der Waals surface area (Å²) in [7, 11) is 0. The van der Waals surface area contributed by atoms with Crippen LogP contribution in [0.5, 0.6) is 0 Å². The number of hydrogen-bond donors (Lipinski definition) is 1. The Morgan fingerprint density at radius 2 is 1.73 bits per heavy atom. The third-order valence-electron chi connectivity index (χ3n) is 3.82. The van der Waals surface area contributed by atoms with Crippen molar-refractivity contribution in [2.45, 2.75) is 0 Å². The van der Waals surface area contributed by atoms with E-state index >= 15 is 0 Å². The summed E-state index contributed by atoms with van der Waals surface area (Å²) < 4.78 is 7.66. The minimum atomic E-state index is -0.178. The van der Waals surface area contributed by atoms with Gasteiger partial charge in [0.2, 0.25) is 5.89 Å². The van der Waals surface area contributed by atoms with Gasteiger partial charge in [0.1, 0.15) is 5.52 Å². The van der Waals surface area contributed by atoms with Gasteiger partial charge in [-0.15, -0.1) is 0 Å². The Labute approximate surface area is 166 Å². The van der Waals surface area contributed by atoms with Gasteiger partial charge in [0.05, 0.1) is 0 Å². The van der Waals surface area contributed by atoms with E-state index in [2.05, 4.69) is 42.2 Å². The molecule has 6 heteroatoms. The topological polar surface area (TPSA) is 55.1 Å². The van der Waals surface area contributed by atoms with E-state index in [-0.39, 0.29) is 5.91 Å². The maximum Gasteiger partial charge on any atom is 0.255 e. The molecule has 3 aromatic carbocycles. The highest BCUT2D eigenvalue weighted by Gasteiger charge is 2.11. The molecule has 1 aromatic heterocycles. The molecule has 128 valence electrons. The summed E-state index contributed by atoms with van der Waals surface area (Å²) in [6, 6.07) is 20.4. The molecule has 0 spiro atoms. The second kappa shape index (κ2) is 7.05. The molecule has 4 nitrogen and oxygen atoms in total. The zero-order chi connectivity index (χ0) is 18.1. The first-order valence-corrected chi connectivity index (χ1v) is 9.40. The van der Waals surface area contributed by atoms with Crippen LogP contribution in [0.25, 0.3) is 22.6 Å². The van der Waals surface area contributed by atoms with E-state index in [0.29, 0.717) is 28.2 Å². The molecule has 0 atom stereocenters. The molecule has 26 heavy (non-hydrogen) atoms. The Hall–Kier alpha value is -2.44. The lowest BCUT2D eigenvalue weighted by atomic mass is 10.2. The standard InChI is InChI=1S/C20H12Br2N2O2/c21-14-6-4-12(5-7-14)20-24-17-11-16(8-9-18(17)26-20)23-19(25)13-2-1-3-15(22)10-13/h1-11H,(H,23,25). The first-order chi connectivity index (χ1) is 12.6. The number of hydrogen-bond acceptors (Lipinski definition) is 3. The van der Waals surface area contributed by atoms with E-state index in [9.17, 15) is 4.79 Å². The van der Waals surface area contributed by atoms with Crippen LogP contribution in [0.3, 0.4) is 0 Å². The Balaban J connectivity index is 1.61. The highest BCUT2D eigenvalue weighted by Crippen LogP contribution is 2.27. The summed E-state index contributed by atoms with van der Waals surface area (Å²) in [5.41, 5.74) is 3.50. The molecule has 0 bridgehead atoms. The van der Waals surface area contributed by atoms with E-state index in [4.69, 9.17) is 4.42 Å². The Morgan fingerprint density at radius 1 is 0.923 bits per heavy atom. The number of halogens is 2. The summed E-state index contributed by atoms with van der Waals surface area (Å²) in [4.78, 5) is 16.9. The molecule has 4 aromatic rings. The second-order valence-corrected chi connectivity index (χ2v) is 7.50. The van der Waals surface area contributed by atoms with Crippen LogP contribution in [-0.4, -0.2) is 10.9 Å². The normalized spacial score (nSPS) is 10.8. The molecule has 0 unspecified atom stereocenters. The van der Waals surface area contributed by atoms with Gasteiger partial charge in [-0.2, -0.15) is 0 Å². The third-order valence-corrected chi connectivity index (χ3v) is 4.85. The predicted octanol–water partition coefficient (Wildman–Crippen LogP) is 6.27. The minimum absolute atomic E-state index is 0.178. The van der Waals surface area contributed by atoms with E-state index in [1.807, 2.05) is 36.4 Å². The van der Waals surface area contributed by atoms with Crippen LogP contribution in [0.2, 0.25) is 0 Å². The summed E-state index contributed by atoms with van der Waals surface area (Å²) in [6.07, 6.45) is 0. The van der Waals surface area contributed by atoms with Crippen LogP contribution in [-0.2, 0) is 0 Å². The molecule has 0 aliphatic carbocycles. The number of rotatable bonds is 3. The first kappa shape index (κ1) is 17.0. The maximum absolute atomic E-state index is 12.4. The van der Waals surface area contributed by atoms with Gasteiger partial charge in [-0.1, -0.05) is 37.9 Å². The number of oxazole rings is 1. The lowest BCUT2D eigenvalue weighted by Crippen LogP contribution is -2.11. The van der Waals surface area contributed by atoms with Crippen molar-refractivity contribution in [3.63, 3.8) is 0 Å². The zero-order valence-corrected chi connectivity index (χ0v) is 16.5. The lowest BCUT2D eigenvalue weighted by Gasteiger charge is -2.05. The van der Waals surface area contributed by atoms with Crippen LogP contribution < -0.4 is 5.32 Å². The van der Waals surface area contributed by atoms with Crippen molar-refractivity contribution in [1.29, 1.82) is 0 Å². The van der Waals surface area contributed by atoms with Gasteiger partial charge in [-0.25, -0.2) is 4.98 Å². The second-order valence-electron chi connectivity index (χ2n) is 5.67. The van der Waals surface area contributed by atoms with Crippen molar-refractivity contribution < 1.29 is 9.21 Å². The summed E-state index contributed by atoms with van der Waals surface area (Å²) >= 11 is 6.79. The molecule has 0 aliphatic heterocycles. The molecule has 1 amide bonds. The Kier molecular flexibility index (Phi) is 4.61. The molecule has 0 saturated heterocycles. The average molecular weight is 472 g/mol. The number of carbonyl (C=O) groups excluding carboxylic acids is 1. The van der Waals surface area contributed by atoms with Crippen LogP contribution >= 0.6 is 31.9 Å². The number of nitrogens with zero attached hydrogens (tertiary/aromatic N) is 1. The molecule has 1 heterocycles. The lowest BCUT2D eigenvalue weighted by molar-refractivity contribution is 0.102. The van der Waals surface area contributed by atoms with E-state index in [1.54, 1.807) is 30.3 Å². The first-order valence-electron chi connectivity index (χ1n) is 7.82. The van der Waals surface area contributed by atoms with Crippen LogP contribution in [0, 0.1) is 0 Å². The predicted molar refractivity (Wildman–Crippen MR) is 109 cm³/mol. The summed E-state index contributed by atoms with van der Waals surface area (Å²) in [6.45, 7) is 0. The fraction of sp³-hybridized carbons (Fsp3) is 0. The van der Waals surface area contributed by atoms with Crippen molar-refractivity contribution >= 4 is 54.6 Å². The SMILES string of the molecule is O=C(Nc1ccc2oc(-c3ccc(Br)cc3)nc2c1)c1cccc(Br)c1. The Bertz CT molecular complexity index is 1100. The van der Waals surface area contributed by atoms with E-state index in [0.717, 1.165) is 14.5 Å². The molecule has 0 fully saturated rings. The fourth-order valence-electron chi connectivity index (χ4n) is 2.55. The minimum Gasteiger partial charge on any atom is -0.436 e. The van der Waals surface area contributed by atoms with Gasteiger partial charge in [0, 0.05) is 25.8 Å². The van der Waals surface area contributed by atoms with Gasteiger partial charge >= 0.3 is 0 Å². The number of nitrogens with one attached hydrogen (secondary N) is 1. The van der Waals surface area contributed by atoms with Crippen molar-refractivity contribution in [2.24, 2.45) is 0 Å². The molecule has 0 radical (unpaired) electrons. The third kappa shape index (κ3) is 3.57. The zero-order valence-electron chi connectivity index (χ0n) is 13.4. The monoisotopic (exact) mass is 470 g/mol. The molecule has 0 saturated carbocycles. The molecule has 0 aliphatic rings. The van der Waals surface area contributed by atoms with Crippen LogP contribution in [0.15, 0.2) is 80.1 Å². The molecule has 4 rings (SSSR count). The van der Waals surface area contributed by atoms with Crippen molar-refractivity contribution in [1.82, 2.24) is 4.98 Å². The van der Waals surface area contributed by atoms with Crippen molar-refractivity contribution in [3.05, 3.63) is 81.2 Å². The molecular weight excluding hydrogens is 460 g/mol. The highest BCUT2D eigenvalue weighted by atomic mass is 79.9. The molecular formula is C20H12Br2N2O2. The van der Waals surface area contributed by atoms with Gasteiger partial charge in [0.15, 0.2) is 5.58 Å². The number of benzene rings is 3. The van der Waals surface area contributed by atoms with Crippen LogP contribution in [0.4, 0.5) is 5.69 Å². The van der Waals surface area contributed by atoms with E-state index in [1.165, 1.54) is 0 Å². The molecule has 1 N–H and O–H groups in total. The summed E-state index contributed by atoms with van der Waals surface area (Å²) in [5, 5.41) is 2.89. The van der Waals surface area contributed by atoms with Crippen molar-refractivity contribution in [3.8, 4) is 11.5 Å². The number of anilines is 1. The smallest absolute Gasteiger partial charge is 0.255 e. The number of aromatic nitrogens is 1. The van der Waals surface area contributed by atoms with Crippen molar-refractivity contribution in [2.75, 3.05) is 5.32 Å². The van der Waals surface area contributed by atoms with Gasteiger partial charge < -0.3 is 9.73 Å². The number of amides is 1. The summed E-state index contributed by atoms with van der Waals surface area (Å²) in [5.74, 6) is 0.366. The number of carbonyl (C=O) groups is 1. The highest BCUT2D eigenvalue weighted by molar-refractivity contribution is 9.10. The quantitative estimate of drug-likeness (QED) is 0.383. The maximum atomic E-state index is 12.4. The number of fused-ring (bicyclic) bond motifs is 1. The average Bonchev–Trinajstić information content (AvgIpc) is 3.05. The largest absolute Gasteiger partial charge is 0.436 e.